The molecule has 82 valence electrons. The molecule has 1 fully saturated rings. The Morgan fingerprint density at radius 2 is 2.40 bits per heavy atom. The van der Waals surface area contributed by atoms with Gasteiger partial charge >= 0.3 is 5.97 Å². The largest absolute Gasteiger partial charge is 0.481 e. The number of carboxylic acids is 1. The summed E-state index contributed by atoms with van der Waals surface area (Å²) >= 11 is 0. The van der Waals surface area contributed by atoms with Crippen LogP contribution in [0, 0.1) is 5.41 Å². The van der Waals surface area contributed by atoms with Gasteiger partial charge < -0.3 is 19.6 Å². The normalized spacial score (nSPS) is 18.4. The first-order valence-corrected chi connectivity index (χ1v) is 4.77. The van der Waals surface area contributed by atoms with Gasteiger partial charge in [0.1, 0.15) is 11.2 Å². The summed E-state index contributed by atoms with van der Waals surface area (Å²) in [5.41, 5.74) is -0.743. The fraction of sp³-hybridized carbons (Fsp3) is 0.500. The molecule has 15 heavy (non-hydrogen) atoms. The smallest absolute Gasteiger partial charge is 0.315 e. The lowest BCUT2D eigenvalue weighted by atomic mass is 9.86. The molecule has 0 spiro atoms. The highest BCUT2D eigenvalue weighted by atomic mass is 16.5. The number of carbonyl (C=O) groups is 1. The number of hydrogen-bond donors (Lipinski definition) is 2. The van der Waals surface area contributed by atoms with Crippen LogP contribution >= 0.6 is 0 Å². The number of carboxylic acid groups (broad SMARTS) is 1. The Balaban J connectivity index is 1.80. The number of aliphatic carboxylic acids is 1. The molecule has 0 atom stereocenters. The molecule has 1 saturated heterocycles. The molecule has 1 aliphatic heterocycles. The average molecular weight is 211 g/mol. The Hall–Kier alpha value is -1.33. The van der Waals surface area contributed by atoms with Crippen molar-refractivity contribution in [1.29, 1.82) is 0 Å². The van der Waals surface area contributed by atoms with Gasteiger partial charge in [0.2, 0.25) is 0 Å². The maximum Gasteiger partial charge on any atom is 0.315 e. The number of ether oxygens (including phenoxy) is 1. The van der Waals surface area contributed by atoms with Crippen LogP contribution < -0.4 is 5.32 Å². The minimum absolute atomic E-state index is 0.285. The van der Waals surface area contributed by atoms with Gasteiger partial charge in [-0.1, -0.05) is 0 Å². The zero-order chi connectivity index (χ0) is 10.7. The molecule has 0 saturated carbocycles. The Morgan fingerprint density at radius 1 is 1.60 bits per heavy atom. The fourth-order valence-electron chi connectivity index (χ4n) is 1.49. The molecule has 2 rings (SSSR count). The third-order valence-electron chi connectivity index (χ3n) is 2.55. The van der Waals surface area contributed by atoms with Crippen LogP contribution in [0.15, 0.2) is 22.8 Å². The molecule has 0 aromatic carbocycles. The maximum absolute atomic E-state index is 11.0. The molecular formula is C10H13NO4. The van der Waals surface area contributed by atoms with Crippen molar-refractivity contribution in [2.45, 2.75) is 6.54 Å². The van der Waals surface area contributed by atoms with Crippen molar-refractivity contribution in [2.24, 2.45) is 5.41 Å². The van der Waals surface area contributed by atoms with E-state index in [0.717, 1.165) is 5.76 Å². The van der Waals surface area contributed by atoms with Crippen LogP contribution in [-0.4, -0.2) is 30.8 Å². The minimum Gasteiger partial charge on any atom is -0.481 e. The summed E-state index contributed by atoms with van der Waals surface area (Å²) in [6.07, 6.45) is 1.59. The molecule has 1 aliphatic rings. The predicted octanol–water partition coefficient (Wildman–Crippen LogP) is 0.470. The van der Waals surface area contributed by atoms with Crippen molar-refractivity contribution in [3.63, 3.8) is 0 Å². The highest BCUT2D eigenvalue weighted by molar-refractivity contribution is 5.76. The third-order valence-corrected chi connectivity index (χ3v) is 2.55. The van der Waals surface area contributed by atoms with Gasteiger partial charge in [-0.15, -0.1) is 0 Å². The van der Waals surface area contributed by atoms with Gasteiger partial charge in [0.25, 0.3) is 0 Å². The molecule has 0 amide bonds. The van der Waals surface area contributed by atoms with Crippen LogP contribution in [0.3, 0.4) is 0 Å². The second kappa shape index (κ2) is 4.04. The molecule has 0 aliphatic carbocycles. The highest BCUT2D eigenvalue weighted by Gasteiger charge is 2.45. The number of hydrogen-bond acceptors (Lipinski definition) is 4. The van der Waals surface area contributed by atoms with Gasteiger partial charge in [0.05, 0.1) is 26.0 Å². The van der Waals surface area contributed by atoms with Gasteiger partial charge in [0.15, 0.2) is 0 Å². The van der Waals surface area contributed by atoms with E-state index in [2.05, 4.69) is 5.32 Å². The van der Waals surface area contributed by atoms with Crippen molar-refractivity contribution >= 4 is 5.97 Å². The lowest BCUT2D eigenvalue weighted by Crippen LogP contribution is -2.54. The van der Waals surface area contributed by atoms with E-state index in [-0.39, 0.29) is 13.2 Å². The van der Waals surface area contributed by atoms with E-state index in [1.165, 1.54) is 0 Å². The van der Waals surface area contributed by atoms with Gasteiger partial charge in [-0.3, -0.25) is 4.79 Å². The third kappa shape index (κ3) is 2.03. The molecule has 0 unspecified atom stereocenters. The first-order chi connectivity index (χ1) is 7.23. The summed E-state index contributed by atoms with van der Waals surface area (Å²) in [4.78, 5) is 11.0. The minimum atomic E-state index is -0.805. The van der Waals surface area contributed by atoms with E-state index in [4.69, 9.17) is 14.3 Å². The summed E-state index contributed by atoms with van der Waals surface area (Å²) in [6, 6.07) is 3.65. The number of nitrogens with one attached hydrogen (secondary N) is 1. The van der Waals surface area contributed by atoms with Crippen LogP contribution in [-0.2, 0) is 16.1 Å². The van der Waals surface area contributed by atoms with E-state index in [1.807, 2.05) is 6.07 Å². The second-order valence-corrected chi connectivity index (χ2v) is 3.76. The highest BCUT2D eigenvalue weighted by Crippen LogP contribution is 2.26. The summed E-state index contributed by atoms with van der Waals surface area (Å²) in [5.74, 6) is -0.00326. The SMILES string of the molecule is O=C(O)C1(CNCc2ccco2)COC1. The number of rotatable bonds is 5. The maximum atomic E-state index is 11.0. The first-order valence-electron chi connectivity index (χ1n) is 4.77. The molecule has 2 heterocycles. The van der Waals surface area contributed by atoms with Crippen molar-refractivity contribution in [3.05, 3.63) is 24.2 Å². The van der Waals surface area contributed by atoms with Gasteiger partial charge in [-0.2, -0.15) is 0 Å². The lowest BCUT2D eigenvalue weighted by molar-refractivity contribution is -0.178. The standard InChI is InChI=1S/C10H13NO4/c12-9(13)10(6-14-7-10)5-11-4-8-2-1-3-15-8/h1-3,11H,4-7H2,(H,12,13). The summed E-state index contributed by atoms with van der Waals surface area (Å²) in [6.45, 7) is 1.52. The molecule has 5 heteroatoms. The monoisotopic (exact) mass is 211 g/mol. The predicted molar refractivity (Wildman–Crippen MR) is 51.3 cm³/mol. The van der Waals surface area contributed by atoms with E-state index in [0.29, 0.717) is 13.1 Å². The Bertz CT molecular complexity index is 329. The van der Waals surface area contributed by atoms with E-state index in [1.54, 1.807) is 12.3 Å². The van der Waals surface area contributed by atoms with Crippen LogP contribution in [0.4, 0.5) is 0 Å². The van der Waals surface area contributed by atoms with Crippen LogP contribution in [0.1, 0.15) is 5.76 Å². The van der Waals surface area contributed by atoms with Crippen molar-refractivity contribution in [1.82, 2.24) is 5.32 Å². The van der Waals surface area contributed by atoms with Crippen molar-refractivity contribution in [3.8, 4) is 0 Å². The number of furan rings is 1. The quantitative estimate of drug-likeness (QED) is 0.740. The summed E-state index contributed by atoms with van der Waals surface area (Å²) in [5, 5.41) is 12.1. The average Bonchev–Trinajstić information content (AvgIpc) is 2.61. The fourth-order valence-corrected chi connectivity index (χ4v) is 1.49. The van der Waals surface area contributed by atoms with Crippen molar-refractivity contribution < 1.29 is 19.1 Å². The Labute approximate surface area is 87.0 Å². The molecule has 1 aromatic rings. The van der Waals surface area contributed by atoms with Gasteiger partial charge in [0, 0.05) is 6.54 Å². The molecule has 5 nitrogen and oxygen atoms in total. The topological polar surface area (TPSA) is 71.7 Å². The van der Waals surface area contributed by atoms with Crippen LogP contribution in [0.25, 0.3) is 0 Å². The Morgan fingerprint density at radius 3 is 2.87 bits per heavy atom. The van der Waals surface area contributed by atoms with E-state index in [9.17, 15) is 4.79 Å². The molecular weight excluding hydrogens is 198 g/mol. The molecule has 0 bridgehead atoms. The van der Waals surface area contributed by atoms with Gasteiger partial charge in [-0.05, 0) is 12.1 Å². The Kier molecular flexibility index (Phi) is 2.75. The summed E-state index contributed by atoms with van der Waals surface area (Å²) in [7, 11) is 0. The van der Waals surface area contributed by atoms with E-state index < -0.39 is 11.4 Å². The van der Waals surface area contributed by atoms with E-state index >= 15 is 0 Å². The van der Waals surface area contributed by atoms with Gasteiger partial charge in [-0.25, -0.2) is 0 Å². The lowest BCUT2D eigenvalue weighted by Gasteiger charge is -2.37. The van der Waals surface area contributed by atoms with Crippen LogP contribution in [0.5, 0.6) is 0 Å². The molecule has 0 radical (unpaired) electrons. The molecule has 2 N–H and O–H groups in total. The second-order valence-electron chi connectivity index (χ2n) is 3.76. The van der Waals surface area contributed by atoms with Crippen molar-refractivity contribution in [2.75, 3.05) is 19.8 Å². The zero-order valence-electron chi connectivity index (χ0n) is 8.23. The first kappa shape index (κ1) is 10.2. The van der Waals surface area contributed by atoms with Crippen LogP contribution in [0.2, 0.25) is 0 Å². The molecule has 1 aromatic heterocycles. The summed E-state index contributed by atoms with van der Waals surface area (Å²) < 4.78 is 10.1. The zero-order valence-corrected chi connectivity index (χ0v) is 8.23.